The number of nitrogens with two attached hydrogens (primary N) is 1. The molecule has 0 saturated carbocycles. The molecule has 3 rings (SSSR count). The first kappa shape index (κ1) is 21.8. The van der Waals surface area contributed by atoms with Gasteiger partial charge in [-0.05, 0) is 48.7 Å². The lowest BCUT2D eigenvalue weighted by molar-refractivity contribution is -0.146. The Labute approximate surface area is 176 Å². The number of sulfonamides is 1. The fourth-order valence-corrected chi connectivity index (χ4v) is 3.94. The Morgan fingerprint density at radius 1 is 1.00 bits per heavy atom. The van der Waals surface area contributed by atoms with Crippen LogP contribution < -0.4 is 15.4 Å². The zero-order valence-electron chi connectivity index (χ0n) is 17.1. The van der Waals surface area contributed by atoms with Crippen LogP contribution in [0, 0.1) is 13.8 Å². The molecule has 1 heterocycles. The van der Waals surface area contributed by atoms with Crippen LogP contribution in [0.4, 0.5) is 5.69 Å². The number of benzene rings is 2. The fraction of sp³-hybridized carbons (Fsp3) is 0.333. The van der Waals surface area contributed by atoms with Crippen LogP contribution in [-0.4, -0.2) is 51.3 Å². The second kappa shape index (κ2) is 8.85. The van der Waals surface area contributed by atoms with E-state index in [9.17, 15) is 18.0 Å². The number of carbonyl (C=O) groups excluding carboxylic acids is 2. The largest absolute Gasteiger partial charge is 0.368 e. The molecule has 1 aliphatic heterocycles. The minimum Gasteiger partial charge on any atom is -0.368 e. The van der Waals surface area contributed by atoms with Gasteiger partial charge in [0, 0.05) is 38.4 Å². The molecule has 1 fully saturated rings. The van der Waals surface area contributed by atoms with Gasteiger partial charge in [-0.3, -0.25) is 9.59 Å². The minimum atomic E-state index is -3.76. The number of amides is 2. The lowest BCUT2D eigenvalue weighted by Crippen LogP contribution is -2.52. The molecular formula is C21H26N4O4S. The number of hydrogen-bond acceptors (Lipinski definition) is 5. The van der Waals surface area contributed by atoms with Gasteiger partial charge in [-0.1, -0.05) is 24.3 Å². The summed E-state index contributed by atoms with van der Waals surface area (Å²) in [6, 6.07) is 12.0. The summed E-state index contributed by atoms with van der Waals surface area (Å²) in [6.07, 6.45) is 0. The van der Waals surface area contributed by atoms with Gasteiger partial charge in [0.15, 0.2) is 0 Å². The third-order valence-electron chi connectivity index (χ3n) is 5.38. The Morgan fingerprint density at radius 3 is 2.23 bits per heavy atom. The van der Waals surface area contributed by atoms with Gasteiger partial charge in [0.1, 0.15) is 0 Å². The van der Waals surface area contributed by atoms with Crippen LogP contribution in [-0.2, 0) is 26.2 Å². The summed E-state index contributed by atoms with van der Waals surface area (Å²) < 4.78 is 22.6. The van der Waals surface area contributed by atoms with Crippen molar-refractivity contribution in [1.82, 2.24) is 10.2 Å². The van der Waals surface area contributed by atoms with Crippen molar-refractivity contribution < 1.29 is 18.0 Å². The van der Waals surface area contributed by atoms with E-state index in [-0.39, 0.29) is 11.4 Å². The van der Waals surface area contributed by atoms with Crippen molar-refractivity contribution in [2.75, 3.05) is 31.1 Å². The molecule has 0 unspecified atom stereocenters. The summed E-state index contributed by atoms with van der Waals surface area (Å²) in [5, 5.41) is 7.65. The van der Waals surface area contributed by atoms with Crippen LogP contribution in [0.25, 0.3) is 0 Å². The molecule has 0 bridgehead atoms. The molecular weight excluding hydrogens is 404 g/mol. The third-order valence-corrected chi connectivity index (χ3v) is 6.31. The molecule has 9 heteroatoms. The van der Waals surface area contributed by atoms with Gasteiger partial charge in [-0.25, -0.2) is 13.6 Å². The number of nitrogens with zero attached hydrogens (tertiary/aromatic N) is 2. The molecule has 0 aromatic heterocycles. The second-order valence-electron chi connectivity index (χ2n) is 7.37. The number of carbonyl (C=O) groups is 2. The minimum absolute atomic E-state index is 0.00429. The number of nitrogens with one attached hydrogen (secondary N) is 1. The van der Waals surface area contributed by atoms with Crippen molar-refractivity contribution in [3.05, 3.63) is 59.2 Å². The molecule has 1 saturated heterocycles. The summed E-state index contributed by atoms with van der Waals surface area (Å²) in [4.78, 5) is 28.5. The van der Waals surface area contributed by atoms with E-state index in [0.717, 1.165) is 5.69 Å². The van der Waals surface area contributed by atoms with Crippen LogP contribution in [0.2, 0.25) is 0 Å². The molecule has 0 aliphatic carbocycles. The van der Waals surface area contributed by atoms with Gasteiger partial charge in [0.05, 0.1) is 4.90 Å². The second-order valence-corrected chi connectivity index (χ2v) is 8.93. The molecule has 0 spiro atoms. The van der Waals surface area contributed by atoms with Crippen LogP contribution >= 0.6 is 0 Å². The van der Waals surface area contributed by atoms with E-state index in [1.807, 2.05) is 6.07 Å². The number of anilines is 1. The number of aryl methyl sites for hydroxylation is 1. The maximum atomic E-state index is 12.5. The first-order chi connectivity index (χ1) is 14.2. The van der Waals surface area contributed by atoms with Crippen molar-refractivity contribution >= 4 is 27.5 Å². The van der Waals surface area contributed by atoms with Gasteiger partial charge in [0.25, 0.3) is 0 Å². The maximum absolute atomic E-state index is 12.5. The number of hydrogen-bond donors (Lipinski definition) is 2. The molecule has 8 nitrogen and oxygen atoms in total. The number of primary sulfonamides is 1. The van der Waals surface area contributed by atoms with Crippen molar-refractivity contribution in [2.24, 2.45) is 5.14 Å². The highest BCUT2D eigenvalue weighted by atomic mass is 32.2. The van der Waals surface area contributed by atoms with Crippen molar-refractivity contribution in [3.8, 4) is 0 Å². The Morgan fingerprint density at radius 2 is 1.63 bits per heavy atom. The molecule has 2 amide bonds. The highest BCUT2D eigenvalue weighted by molar-refractivity contribution is 7.89. The molecule has 3 N–H and O–H groups in total. The third kappa shape index (κ3) is 4.98. The Balaban J connectivity index is 1.52. The van der Waals surface area contributed by atoms with Gasteiger partial charge in [-0.15, -0.1) is 0 Å². The van der Waals surface area contributed by atoms with E-state index >= 15 is 0 Å². The van der Waals surface area contributed by atoms with Crippen LogP contribution in [0.1, 0.15) is 16.7 Å². The molecule has 2 aromatic rings. The highest BCUT2D eigenvalue weighted by Crippen LogP contribution is 2.23. The Hall–Kier alpha value is -2.91. The summed E-state index contributed by atoms with van der Waals surface area (Å²) in [5.74, 6) is -1.23. The molecule has 1 aliphatic rings. The molecule has 0 atom stereocenters. The Kier molecular flexibility index (Phi) is 6.42. The number of rotatable bonds is 4. The van der Waals surface area contributed by atoms with E-state index in [4.69, 9.17) is 5.14 Å². The van der Waals surface area contributed by atoms with Gasteiger partial charge in [0.2, 0.25) is 10.0 Å². The van der Waals surface area contributed by atoms with Crippen molar-refractivity contribution in [1.29, 1.82) is 0 Å². The molecule has 2 aromatic carbocycles. The van der Waals surface area contributed by atoms with E-state index < -0.39 is 21.8 Å². The van der Waals surface area contributed by atoms with E-state index in [2.05, 4.69) is 36.2 Å². The van der Waals surface area contributed by atoms with Crippen LogP contribution in [0.3, 0.4) is 0 Å². The SMILES string of the molecule is Cc1cccc(N2CCN(C(=O)C(=O)NCc3ccc(S(N)(=O)=O)cc3)CC2)c1C. The summed E-state index contributed by atoms with van der Waals surface area (Å²) in [6.45, 7) is 6.57. The smallest absolute Gasteiger partial charge is 0.312 e. The first-order valence-corrected chi connectivity index (χ1v) is 11.2. The zero-order valence-corrected chi connectivity index (χ0v) is 17.9. The van der Waals surface area contributed by atoms with Crippen molar-refractivity contribution in [3.63, 3.8) is 0 Å². The topological polar surface area (TPSA) is 113 Å². The standard InChI is InChI=1S/C21H26N4O4S/c1-15-4-3-5-19(16(15)2)24-10-12-25(13-11-24)21(27)20(26)23-14-17-6-8-18(9-7-17)30(22,28)29/h3-9H,10-14H2,1-2H3,(H,23,26)(H2,22,28,29). The van der Waals surface area contributed by atoms with Crippen LogP contribution in [0.15, 0.2) is 47.4 Å². The molecule has 0 radical (unpaired) electrons. The predicted octanol–water partition coefficient (Wildman–Crippen LogP) is 0.916. The van der Waals surface area contributed by atoms with Gasteiger partial charge >= 0.3 is 11.8 Å². The molecule has 30 heavy (non-hydrogen) atoms. The predicted molar refractivity (Wildman–Crippen MR) is 114 cm³/mol. The number of piperazine rings is 1. The maximum Gasteiger partial charge on any atom is 0.312 e. The van der Waals surface area contributed by atoms with E-state index in [1.165, 1.54) is 23.3 Å². The lowest BCUT2D eigenvalue weighted by atomic mass is 10.1. The summed E-state index contributed by atoms with van der Waals surface area (Å²) >= 11 is 0. The quantitative estimate of drug-likeness (QED) is 0.701. The average molecular weight is 431 g/mol. The van der Waals surface area contributed by atoms with Crippen LogP contribution in [0.5, 0.6) is 0 Å². The first-order valence-electron chi connectivity index (χ1n) is 9.67. The normalized spacial score (nSPS) is 14.5. The fourth-order valence-electron chi connectivity index (χ4n) is 3.43. The lowest BCUT2D eigenvalue weighted by Gasteiger charge is -2.36. The average Bonchev–Trinajstić information content (AvgIpc) is 2.73. The van der Waals surface area contributed by atoms with Crippen molar-refractivity contribution in [2.45, 2.75) is 25.3 Å². The summed E-state index contributed by atoms with van der Waals surface area (Å²) in [5.41, 5.74) is 4.28. The van der Waals surface area contributed by atoms with E-state index in [0.29, 0.717) is 31.7 Å². The van der Waals surface area contributed by atoms with Gasteiger partial charge < -0.3 is 15.1 Å². The van der Waals surface area contributed by atoms with Gasteiger partial charge in [-0.2, -0.15) is 0 Å². The monoisotopic (exact) mass is 430 g/mol. The Bertz CT molecular complexity index is 1040. The molecule has 160 valence electrons. The van der Waals surface area contributed by atoms with E-state index in [1.54, 1.807) is 17.0 Å². The zero-order chi connectivity index (χ0) is 21.9. The summed E-state index contributed by atoms with van der Waals surface area (Å²) in [7, 11) is -3.76. The highest BCUT2D eigenvalue weighted by Gasteiger charge is 2.26.